The molecule has 0 fully saturated rings. The summed E-state index contributed by atoms with van der Waals surface area (Å²) >= 11 is 0. The molecule has 0 aromatic heterocycles. The number of nitrogens with zero attached hydrogens (tertiary/aromatic N) is 1. The molecule has 2 aromatic rings. The fourth-order valence-corrected chi connectivity index (χ4v) is 3.35. The third-order valence-corrected chi connectivity index (χ3v) is 4.42. The fraction of sp³-hybridized carbons (Fsp3) is 0.238. The maximum Gasteiger partial charge on any atom is 0.224 e. The number of rotatable bonds is 2. The van der Waals surface area contributed by atoms with Gasteiger partial charge < -0.3 is 15.6 Å². The van der Waals surface area contributed by atoms with Crippen LogP contribution in [0.1, 0.15) is 37.0 Å². The van der Waals surface area contributed by atoms with Crippen LogP contribution >= 0.6 is 0 Å². The molecule has 0 saturated carbocycles. The number of hydrogen-bond donors (Lipinski definition) is 2. The molecule has 1 amide bonds. The molecule has 0 saturated heterocycles. The lowest BCUT2D eigenvalue weighted by Crippen LogP contribution is -2.30. The first-order valence-electron chi connectivity index (χ1n) is 8.39. The highest BCUT2D eigenvalue weighted by atomic mass is 16.2. The van der Waals surface area contributed by atoms with E-state index in [4.69, 9.17) is 5.41 Å². The number of carbonyl (C=O) groups is 1. The minimum Gasteiger partial charge on any atom is -0.387 e. The molecule has 0 atom stereocenters. The summed E-state index contributed by atoms with van der Waals surface area (Å²) in [6.45, 7) is 6.88. The smallest absolute Gasteiger partial charge is 0.224 e. The number of anilines is 1. The number of amides is 1. The minimum absolute atomic E-state index is 0.0654. The van der Waals surface area contributed by atoms with Gasteiger partial charge in [0.15, 0.2) is 0 Å². The molecular weight excluding hydrogens is 310 g/mol. The summed E-state index contributed by atoms with van der Waals surface area (Å²) in [5, 5.41) is 8.89. The lowest BCUT2D eigenvalue weighted by molar-refractivity contribution is -0.116. The van der Waals surface area contributed by atoms with Crippen LogP contribution in [0.25, 0.3) is 11.3 Å². The molecule has 1 aliphatic heterocycles. The molecular formula is C21H25N3O. The van der Waals surface area contributed by atoms with Crippen molar-refractivity contribution in [1.82, 2.24) is 5.32 Å². The molecule has 0 bridgehead atoms. The molecule has 0 aliphatic carbocycles. The Labute approximate surface area is 149 Å². The highest BCUT2D eigenvalue weighted by molar-refractivity contribution is 6.01. The predicted octanol–water partition coefficient (Wildman–Crippen LogP) is 4.32. The molecule has 0 spiro atoms. The predicted molar refractivity (Wildman–Crippen MR) is 106 cm³/mol. The van der Waals surface area contributed by atoms with Crippen molar-refractivity contribution < 1.29 is 4.79 Å². The Morgan fingerprint density at radius 3 is 2.32 bits per heavy atom. The third kappa shape index (κ3) is 3.48. The van der Waals surface area contributed by atoms with Crippen LogP contribution in [-0.2, 0) is 11.3 Å². The van der Waals surface area contributed by atoms with Crippen molar-refractivity contribution in [1.29, 1.82) is 5.41 Å². The van der Waals surface area contributed by atoms with Gasteiger partial charge in [-0.05, 0) is 30.3 Å². The van der Waals surface area contributed by atoms with Gasteiger partial charge in [-0.2, -0.15) is 0 Å². The summed E-state index contributed by atoms with van der Waals surface area (Å²) < 4.78 is 0. The van der Waals surface area contributed by atoms with Gasteiger partial charge >= 0.3 is 0 Å². The Morgan fingerprint density at radius 1 is 1.12 bits per heavy atom. The number of allylic oxidation sites excluding steroid dienone is 1. The Balaban J connectivity index is 0.00000109. The van der Waals surface area contributed by atoms with Crippen molar-refractivity contribution in [3.8, 4) is 0 Å². The summed E-state index contributed by atoms with van der Waals surface area (Å²) in [6.07, 6.45) is 0.896. The fourth-order valence-electron chi connectivity index (χ4n) is 3.35. The third-order valence-electron chi connectivity index (χ3n) is 4.42. The van der Waals surface area contributed by atoms with Crippen molar-refractivity contribution in [2.24, 2.45) is 0 Å². The van der Waals surface area contributed by atoms with E-state index in [1.54, 1.807) is 6.92 Å². The Kier molecular flexibility index (Phi) is 6.12. The molecule has 25 heavy (non-hydrogen) atoms. The van der Waals surface area contributed by atoms with Crippen LogP contribution in [0.5, 0.6) is 0 Å². The molecule has 130 valence electrons. The summed E-state index contributed by atoms with van der Waals surface area (Å²) in [5.74, 6) is 0.0654. The van der Waals surface area contributed by atoms with Gasteiger partial charge in [-0.1, -0.05) is 49.4 Å². The van der Waals surface area contributed by atoms with Crippen LogP contribution in [0.15, 0.2) is 48.5 Å². The highest BCUT2D eigenvalue weighted by Gasteiger charge is 2.24. The second kappa shape index (κ2) is 8.29. The summed E-state index contributed by atoms with van der Waals surface area (Å²) in [5.41, 5.74) is 6.84. The van der Waals surface area contributed by atoms with Crippen molar-refractivity contribution in [2.75, 3.05) is 11.9 Å². The number of nitrogens with one attached hydrogen (secondary N) is 2. The maximum atomic E-state index is 12.3. The Morgan fingerprint density at radius 2 is 1.72 bits per heavy atom. The molecule has 2 aromatic carbocycles. The first kappa shape index (κ1) is 18.5. The van der Waals surface area contributed by atoms with E-state index in [1.165, 1.54) is 11.1 Å². The zero-order chi connectivity index (χ0) is 18.4. The van der Waals surface area contributed by atoms with Crippen LogP contribution in [-0.4, -0.2) is 19.7 Å². The standard InChI is InChI=1S/C20H22N2O.CH3N/c1-4-16-18-11-7-8-12-19(18)22(14(2)23)13-15-9-5-6-10-17(15)20(16)21-3;1-2/h5-12,21H,4,13H2,1-3H3;2H,1H2/b20-16+;. The lowest BCUT2D eigenvalue weighted by atomic mass is 9.91. The lowest BCUT2D eigenvalue weighted by Gasteiger charge is -2.30. The van der Waals surface area contributed by atoms with Crippen LogP contribution in [0.2, 0.25) is 0 Å². The van der Waals surface area contributed by atoms with Crippen molar-refractivity contribution in [3.05, 3.63) is 65.2 Å². The Bertz CT molecular complexity index is 795. The van der Waals surface area contributed by atoms with Crippen LogP contribution in [0.4, 0.5) is 5.69 Å². The molecule has 2 N–H and O–H groups in total. The zero-order valence-electron chi connectivity index (χ0n) is 15.1. The molecule has 3 rings (SSSR count). The quantitative estimate of drug-likeness (QED) is 0.803. The first-order valence-corrected chi connectivity index (χ1v) is 8.39. The average molecular weight is 335 g/mol. The van der Waals surface area contributed by atoms with Crippen molar-refractivity contribution >= 4 is 29.6 Å². The minimum atomic E-state index is 0.0654. The van der Waals surface area contributed by atoms with Crippen molar-refractivity contribution in [2.45, 2.75) is 26.8 Å². The number of fused-ring (bicyclic) bond motifs is 2. The van der Waals surface area contributed by atoms with Crippen molar-refractivity contribution in [3.63, 3.8) is 0 Å². The monoisotopic (exact) mass is 335 g/mol. The second-order valence-electron chi connectivity index (χ2n) is 5.74. The van der Waals surface area contributed by atoms with E-state index in [0.29, 0.717) is 6.54 Å². The van der Waals surface area contributed by atoms with Gasteiger partial charge in [0.2, 0.25) is 5.91 Å². The topological polar surface area (TPSA) is 56.2 Å². The van der Waals surface area contributed by atoms with Crippen LogP contribution in [0, 0.1) is 5.41 Å². The molecule has 4 nitrogen and oxygen atoms in total. The van der Waals surface area contributed by atoms with E-state index in [2.05, 4.69) is 43.2 Å². The molecule has 1 aliphatic rings. The largest absolute Gasteiger partial charge is 0.387 e. The molecule has 0 radical (unpaired) electrons. The van der Waals surface area contributed by atoms with Crippen LogP contribution in [0.3, 0.4) is 0 Å². The number of para-hydroxylation sites is 1. The second-order valence-corrected chi connectivity index (χ2v) is 5.74. The van der Waals surface area contributed by atoms with E-state index < -0.39 is 0 Å². The van der Waals surface area contributed by atoms with E-state index in [-0.39, 0.29) is 5.91 Å². The van der Waals surface area contributed by atoms with Gasteiger partial charge in [-0.15, -0.1) is 0 Å². The van der Waals surface area contributed by atoms with Gasteiger partial charge in [0.25, 0.3) is 0 Å². The number of benzene rings is 2. The summed E-state index contributed by atoms with van der Waals surface area (Å²) in [4.78, 5) is 14.1. The SMILES string of the molecule is C=N.CC/C1=C(\NC)c2ccccc2CN(C(C)=O)c2ccccc21. The highest BCUT2D eigenvalue weighted by Crippen LogP contribution is 2.37. The normalized spacial score (nSPS) is 15.7. The van der Waals surface area contributed by atoms with Gasteiger partial charge in [-0.3, -0.25) is 4.79 Å². The molecule has 4 heteroatoms. The summed E-state index contributed by atoms with van der Waals surface area (Å²) in [6, 6.07) is 16.5. The van der Waals surface area contributed by atoms with E-state index in [9.17, 15) is 4.79 Å². The van der Waals surface area contributed by atoms with Gasteiger partial charge in [0, 0.05) is 30.8 Å². The maximum absolute atomic E-state index is 12.3. The van der Waals surface area contributed by atoms with E-state index >= 15 is 0 Å². The Hall–Kier alpha value is -2.88. The average Bonchev–Trinajstić information content (AvgIpc) is 2.65. The van der Waals surface area contributed by atoms with E-state index in [0.717, 1.165) is 28.9 Å². The summed E-state index contributed by atoms with van der Waals surface area (Å²) in [7, 11) is 1.97. The van der Waals surface area contributed by atoms with E-state index in [1.807, 2.05) is 36.2 Å². The van der Waals surface area contributed by atoms with Gasteiger partial charge in [-0.25, -0.2) is 0 Å². The number of hydrogen-bond acceptors (Lipinski definition) is 3. The van der Waals surface area contributed by atoms with Crippen LogP contribution < -0.4 is 10.2 Å². The molecule has 1 heterocycles. The number of carbonyl (C=O) groups excluding carboxylic acids is 1. The van der Waals surface area contributed by atoms with Gasteiger partial charge in [0.05, 0.1) is 12.2 Å². The van der Waals surface area contributed by atoms with Gasteiger partial charge in [0.1, 0.15) is 0 Å². The first-order chi connectivity index (χ1) is 12.2. The molecule has 0 unspecified atom stereocenters. The zero-order valence-corrected chi connectivity index (χ0v) is 15.1.